The van der Waals surface area contributed by atoms with Gasteiger partial charge in [-0.15, -0.1) is 0 Å². The summed E-state index contributed by atoms with van der Waals surface area (Å²) in [6, 6.07) is 0. The van der Waals surface area contributed by atoms with E-state index in [-0.39, 0.29) is 11.1 Å². The first kappa shape index (κ1) is 8.97. The van der Waals surface area contributed by atoms with Gasteiger partial charge in [-0.2, -0.15) is 0 Å². The molecule has 66 valence electrons. The predicted molar refractivity (Wildman–Crippen MR) is 47.2 cm³/mol. The molecule has 0 aromatic heterocycles. The Hall–Kier alpha value is -1.12. The van der Waals surface area contributed by atoms with Gasteiger partial charge in [-0.3, -0.25) is 0 Å². The summed E-state index contributed by atoms with van der Waals surface area (Å²) < 4.78 is 0. The quantitative estimate of drug-likeness (QED) is 0.682. The van der Waals surface area contributed by atoms with Gasteiger partial charge in [0.05, 0.1) is 0 Å². The molecular formula is C9H13NO2. The summed E-state index contributed by atoms with van der Waals surface area (Å²) in [5.74, 6) is -0.938. The fourth-order valence-corrected chi connectivity index (χ4v) is 1.39. The van der Waals surface area contributed by atoms with E-state index in [0.29, 0.717) is 0 Å². The van der Waals surface area contributed by atoms with Gasteiger partial charge in [0.25, 0.3) is 0 Å². The average Bonchev–Trinajstić information content (AvgIpc) is 2.25. The first-order valence-corrected chi connectivity index (χ1v) is 4.01. The zero-order valence-corrected chi connectivity index (χ0v) is 7.59. The van der Waals surface area contributed by atoms with Gasteiger partial charge < -0.3 is 5.11 Å². The van der Waals surface area contributed by atoms with Crippen LogP contribution in [0.25, 0.3) is 0 Å². The SMILES string of the molecule is CCC1=NC(C(=O)O)=CC1(C)C. The van der Waals surface area contributed by atoms with Crippen LogP contribution in [0.4, 0.5) is 0 Å². The highest BCUT2D eigenvalue weighted by atomic mass is 16.4. The Morgan fingerprint density at radius 2 is 2.25 bits per heavy atom. The maximum Gasteiger partial charge on any atom is 0.354 e. The highest BCUT2D eigenvalue weighted by Crippen LogP contribution is 2.30. The van der Waals surface area contributed by atoms with Gasteiger partial charge in [0, 0.05) is 11.1 Å². The van der Waals surface area contributed by atoms with Crippen LogP contribution in [0.2, 0.25) is 0 Å². The monoisotopic (exact) mass is 167 g/mol. The molecule has 0 unspecified atom stereocenters. The van der Waals surface area contributed by atoms with Crippen LogP contribution in [-0.2, 0) is 4.79 Å². The van der Waals surface area contributed by atoms with Crippen LogP contribution in [0, 0.1) is 5.41 Å². The van der Waals surface area contributed by atoms with Gasteiger partial charge in [-0.05, 0) is 12.5 Å². The number of carboxylic acid groups (broad SMARTS) is 1. The minimum Gasteiger partial charge on any atom is -0.477 e. The molecule has 1 rings (SSSR count). The number of rotatable bonds is 2. The van der Waals surface area contributed by atoms with Crippen LogP contribution < -0.4 is 0 Å². The largest absolute Gasteiger partial charge is 0.477 e. The third-order valence-electron chi connectivity index (χ3n) is 2.05. The summed E-state index contributed by atoms with van der Waals surface area (Å²) in [6.45, 7) is 5.94. The van der Waals surface area contributed by atoms with Gasteiger partial charge >= 0.3 is 5.97 Å². The molecule has 0 radical (unpaired) electrons. The van der Waals surface area contributed by atoms with E-state index in [2.05, 4.69) is 4.99 Å². The fourth-order valence-electron chi connectivity index (χ4n) is 1.39. The van der Waals surface area contributed by atoms with Gasteiger partial charge in [-0.25, -0.2) is 9.79 Å². The van der Waals surface area contributed by atoms with E-state index >= 15 is 0 Å². The molecule has 0 amide bonds. The van der Waals surface area contributed by atoms with Crippen molar-refractivity contribution in [2.45, 2.75) is 27.2 Å². The Kier molecular flexibility index (Phi) is 2.04. The van der Waals surface area contributed by atoms with Crippen molar-refractivity contribution in [1.29, 1.82) is 0 Å². The van der Waals surface area contributed by atoms with Crippen LogP contribution in [0.3, 0.4) is 0 Å². The summed E-state index contributed by atoms with van der Waals surface area (Å²) in [7, 11) is 0. The number of hydrogen-bond donors (Lipinski definition) is 1. The molecular weight excluding hydrogens is 154 g/mol. The normalized spacial score (nSPS) is 20.2. The number of aliphatic carboxylic acids is 1. The molecule has 3 heteroatoms. The maximum absolute atomic E-state index is 10.6. The summed E-state index contributed by atoms with van der Waals surface area (Å²) in [4.78, 5) is 14.6. The van der Waals surface area contributed by atoms with E-state index in [1.165, 1.54) is 0 Å². The van der Waals surface area contributed by atoms with Crippen molar-refractivity contribution in [3.05, 3.63) is 11.8 Å². The van der Waals surface area contributed by atoms with E-state index in [0.717, 1.165) is 12.1 Å². The van der Waals surface area contributed by atoms with Gasteiger partial charge in [-0.1, -0.05) is 20.8 Å². The Bertz CT molecular complexity index is 274. The second kappa shape index (κ2) is 2.73. The lowest BCUT2D eigenvalue weighted by Crippen LogP contribution is -2.17. The van der Waals surface area contributed by atoms with Crippen LogP contribution in [0.1, 0.15) is 27.2 Å². The average molecular weight is 167 g/mol. The minimum atomic E-state index is -0.938. The lowest BCUT2D eigenvalue weighted by atomic mass is 9.87. The molecule has 12 heavy (non-hydrogen) atoms. The molecule has 0 aliphatic carbocycles. The molecule has 0 aromatic carbocycles. The van der Waals surface area contributed by atoms with E-state index in [4.69, 9.17) is 5.11 Å². The number of carboxylic acids is 1. The van der Waals surface area contributed by atoms with Crippen molar-refractivity contribution in [2.24, 2.45) is 10.4 Å². The molecule has 1 aliphatic heterocycles. The van der Waals surface area contributed by atoms with Crippen molar-refractivity contribution in [1.82, 2.24) is 0 Å². The molecule has 1 aliphatic rings. The molecule has 0 bridgehead atoms. The molecule has 0 spiro atoms. The van der Waals surface area contributed by atoms with Crippen LogP contribution in [0.5, 0.6) is 0 Å². The topological polar surface area (TPSA) is 49.7 Å². The highest BCUT2D eigenvalue weighted by Gasteiger charge is 2.29. The number of hydrogen-bond acceptors (Lipinski definition) is 2. The molecule has 0 fully saturated rings. The smallest absolute Gasteiger partial charge is 0.354 e. The van der Waals surface area contributed by atoms with Crippen molar-refractivity contribution < 1.29 is 9.90 Å². The maximum atomic E-state index is 10.6. The number of aliphatic imine (C=N–C) groups is 1. The Labute approximate surface area is 71.8 Å². The molecule has 0 atom stereocenters. The number of nitrogens with zero attached hydrogens (tertiary/aromatic N) is 1. The number of carbonyl (C=O) groups is 1. The zero-order valence-electron chi connectivity index (χ0n) is 7.59. The van der Waals surface area contributed by atoms with Gasteiger partial charge in [0.1, 0.15) is 5.70 Å². The van der Waals surface area contributed by atoms with Crippen molar-refractivity contribution >= 4 is 11.7 Å². The standard InChI is InChI=1S/C9H13NO2/c1-4-7-9(2,3)5-6(10-7)8(11)12/h5H,4H2,1-3H3,(H,11,12). The third kappa shape index (κ3) is 1.40. The summed E-state index contributed by atoms with van der Waals surface area (Å²) in [6.07, 6.45) is 2.51. The summed E-state index contributed by atoms with van der Waals surface area (Å²) in [5.41, 5.74) is 0.944. The van der Waals surface area contributed by atoms with E-state index in [1.807, 2.05) is 20.8 Å². The van der Waals surface area contributed by atoms with Gasteiger partial charge in [0.2, 0.25) is 0 Å². The zero-order chi connectivity index (χ0) is 9.35. The van der Waals surface area contributed by atoms with Crippen molar-refractivity contribution in [3.63, 3.8) is 0 Å². The Morgan fingerprint density at radius 1 is 1.67 bits per heavy atom. The van der Waals surface area contributed by atoms with E-state index in [9.17, 15) is 4.79 Å². The minimum absolute atomic E-state index is 0.178. The fraction of sp³-hybridized carbons (Fsp3) is 0.556. The second-order valence-corrected chi connectivity index (χ2v) is 3.47. The molecule has 3 nitrogen and oxygen atoms in total. The molecule has 0 saturated heterocycles. The lowest BCUT2D eigenvalue weighted by Gasteiger charge is -2.16. The second-order valence-electron chi connectivity index (χ2n) is 3.47. The highest BCUT2D eigenvalue weighted by molar-refractivity contribution is 6.01. The molecule has 0 saturated carbocycles. The predicted octanol–water partition coefficient (Wildman–Crippen LogP) is 1.85. The van der Waals surface area contributed by atoms with E-state index < -0.39 is 5.97 Å². The van der Waals surface area contributed by atoms with E-state index in [1.54, 1.807) is 6.08 Å². The van der Waals surface area contributed by atoms with Crippen LogP contribution >= 0.6 is 0 Å². The molecule has 0 aromatic rings. The first-order chi connectivity index (χ1) is 5.47. The summed E-state index contributed by atoms with van der Waals surface area (Å²) in [5, 5.41) is 8.68. The van der Waals surface area contributed by atoms with Crippen molar-refractivity contribution in [3.8, 4) is 0 Å². The first-order valence-electron chi connectivity index (χ1n) is 4.01. The van der Waals surface area contributed by atoms with Gasteiger partial charge in [0.15, 0.2) is 0 Å². The van der Waals surface area contributed by atoms with Crippen molar-refractivity contribution in [2.75, 3.05) is 0 Å². The Balaban J connectivity index is 2.99. The molecule has 1 heterocycles. The van der Waals surface area contributed by atoms with Crippen LogP contribution in [0.15, 0.2) is 16.8 Å². The molecule has 1 N–H and O–H groups in total. The summed E-state index contributed by atoms with van der Waals surface area (Å²) >= 11 is 0. The Morgan fingerprint density at radius 3 is 2.50 bits per heavy atom. The number of allylic oxidation sites excluding steroid dienone is 1. The third-order valence-corrected chi connectivity index (χ3v) is 2.05. The lowest BCUT2D eigenvalue weighted by molar-refractivity contribution is -0.132. The van der Waals surface area contributed by atoms with Crippen LogP contribution in [-0.4, -0.2) is 16.8 Å².